The van der Waals surface area contributed by atoms with Gasteiger partial charge in [-0.15, -0.1) is 0 Å². The van der Waals surface area contributed by atoms with Crippen LogP contribution >= 0.6 is 0 Å². The lowest BCUT2D eigenvalue weighted by atomic mass is 10.0. The summed E-state index contributed by atoms with van der Waals surface area (Å²) in [4.78, 5) is 25.1. The van der Waals surface area contributed by atoms with Crippen molar-refractivity contribution in [2.45, 2.75) is 44.2 Å². The quantitative estimate of drug-likeness (QED) is 0.721. The molecule has 2 saturated heterocycles. The van der Waals surface area contributed by atoms with Gasteiger partial charge in [-0.2, -0.15) is 0 Å². The Kier molecular flexibility index (Phi) is 3.99. The number of carbonyl (C=O) groups excluding carboxylic acids is 2. The zero-order valence-electron chi connectivity index (χ0n) is 10.4. The Morgan fingerprint density at radius 3 is 2.88 bits per heavy atom. The lowest BCUT2D eigenvalue weighted by Crippen LogP contribution is -2.44. The predicted octanol–water partition coefficient (Wildman–Crippen LogP) is -0.134. The van der Waals surface area contributed by atoms with Gasteiger partial charge in [0.25, 0.3) is 0 Å². The fraction of sp³-hybridized carbons (Fsp3) is 0.833. The van der Waals surface area contributed by atoms with E-state index in [9.17, 15) is 9.59 Å². The fourth-order valence-corrected chi connectivity index (χ4v) is 2.53. The number of rotatable bonds is 3. The van der Waals surface area contributed by atoms with Gasteiger partial charge in [0.2, 0.25) is 11.8 Å². The van der Waals surface area contributed by atoms with E-state index in [0.29, 0.717) is 6.42 Å². The topological polar surface area (TPSA) is 61.4 Å². The predicted molar refractivity (Wildman–Crippen MR) is 64.4 cm³/mol. The van der Waals surface area contributed by atoms with Crippen LogP contribution in [-0.2, 0) is 9.59 Å². The van der Waals surface area contributed by atoms with Gasteiger partial charge in [0.1, 0.15) is 6.04 Å². The largest absolute Gasteiger partial charge is 0.344 e. The molecule has 2 atom stereocenters. The number of likely N-dealkylation sites (N-methyl/N-ethyl adjacent to an activating group) is 1. The maximum Gasteiger partial charge on any atom is 0.244 e. The van der Waals surface area contributed by atoms with Gasteiger partial charge in [-0.25, -0.2) is 0 Å². The maximum atomic E-state index is 11.8. The van der Waals surface area contributed by atoms with Gasteiger partial charge in [-0.3, -0.25) is 9.59 Å². The molecule has 2 unspecified atom stereocenters. The molecule has 0 aliphatic carbocycles. The van der Waals surface area contributed by atoms with E-state index in [1.54, 1.807) is 11.9 Å². The van der Waals surface area contributed by atoms with Crippen molar-refractivity contribution < 1.29 is 9.59 Å². The zero-order chi connectivity index (χ0) is 12.3. The average molecular weight is 239 g/mol. The summed E-state index contributed by atoms with van der Waals surface area (Å²) in [6, 6.07) is -0.00549. The van der Waals surface area contributed by atoms with E-state index in [2.05, 4.69) is 10.6 Å². The molecule has 0 bridgehead atoms. The van der Waals surface area contributed by atoms with Crippen LogP contribution in [0.15, 0.2) is 0 Å². The molecule has 2 aliphatic heterocycles. The zero-order valence-corrected chi connectivity index (χ0v) is 10.4. The number of nitrogens with one attached hydrogen (secondary N) is 2. The SMILES string of the molecule is CN1CCC(NC(=O)CC2CCCCN2)C1=O. The third-order valence-corrected chi connectivity index (χ3v) is 3.61. The number of carbonyl (C=O) groups is 2. The first-order chi connectivity index (χ1) is 8.16. The van der Waals surface area contributed by atoms with Crippen LogP contribution in [0.25, 0.3) is 0 Å². The summed E-state index contributed by atoms with van der Waals surface area (Å²) < 4.78 is 0. The standard InChI is InChI=1S/C12H21N3O2/c1-15-7-5-10(12(15)17)14-11(16)8-9-4-2-3-6-13-9/h9-10,13H,2-8H2,1H3,(H,14,16). The highest BCUT2D eigenvalue weighted by Gasteiger charge is 2.30. The van der Waals surface area contributed by atoms with Crippen LogP contribution in [0.4, 0.5) is 0 Å². The van der Waals surface area contributed by atoms with Crippen LogP contribution in [0, 0.1) is 0 Å². The van der Waals surface area contributed by atoms with Crippen LogP contribution in [0.2, 0.25) is 0 Å². The van der Waals surface area contributed by atoms with Crippen molar-refractivity contribution in [3.63, 3.8) is 0 Å². The van der Waals surface area contributed by atoms with Crippen molar-refractivity contribution in [1.82, 2.24) is 15.5 Å². The summed E-state index contributed by atoms with van der Waals surface area (Å²) in [5.74, 6) is 0.0352. The Bertz CT molecular complexity index is 300. The second-order valence-electron chi connectivity index (χ2n) is 5.02. The molecule has 96 valence electrons. The van der Waals surface area contributed by atoms with Crippen molar-refractivity contribution in [2.75, 3.05) is 20.1 Å². The third-order valence-electron chi connectivity index (χ3n) is 3.61. The molecule has 0 aromatic heterocycles. The average Bonchev–Trinajstić information content (AvgIpc) is 2.62. The van der Waals surface area contributed by atoms with Crippen LogP contribution in [-0.4, -0.2) is 48.9 Å². The summed E-state index contributed by atoms with van der Waals surface area (Å²) >= 11 is 0. The third kappa shape index (κ3) is 3.19. The maximum absolute atomic E-state index is 11.8. The van der Waals surface area contributed by atoms with Crippen LogP contribution in [0.5, 0.6) is 0 Å². The van der Waals surface area contributed by atoms with Gasteiger partial charge in [0, 0.05) is 26.1 Å². The van der Waals surface area contributed by atoms with Crippen LogP contribution in [0.1, 0.15) is 32.1 Å². The number of hydrogen-bond donors (Lipinski definition) is 2. The van der Waals surface area contributed by atoms with Gasteiger partial charge in [-0.05, 0) is 25.8 Å². The van der Waals surface area contributed by atoms with Gasteiger partial charge in [0.15, 0.2) is 0 Å². The van der Waals surface area contributed by atoms with Crippen molar-refractivity contribution in [3.05, 3.63) is 0 Å². The molecule has 0 spiro atoms. The number of nitrogens with zero attached hydrogens (tertiary/aromatic N) is 1. The first-order valence-electron chi connectivity index (χ1n) is 6.44. The molecule has 2 heterocycles. The molecule has 2 fully saturated rings. The van der Waals surface area contributed by atoms with Crippen molar-refractivity contribution in [2.24, 2.45) is 0 Å². The van der Waals surface area contributed by atoms with E-state index < -0.39 is 0 Å². The summed E-state index contributed by atoms with van der Waals surface area (Å²) in [6.45, 7) is 1.74. The van der Waals surface area contributed by atoms with E-state index in [1.165, 1.54) is 12.8 Å². The van der Waals surface area contributed by atoms with E-state index in [0.717, 1.165) is 25.9 Å². The molecule has 17 heavy (non-hydrogen) atoms. The molecule has 2 rings (SSSR count). The molecule has 5 nitrogen and oxygen atoms in total. The molecule has 2 amide bonds. The van der Waals surface area contributed by atoms with E-state index >= 15 is 0 Å². The fourth-order valence-electron chi connectivity index (χ4n) is 2.53. The Morgan fingerprint density at radius 2 is 2.29 bits per heavy atom. The highest BCUT2D eigenvalue weighted by atomic mass is 16.2. The van der Waals surface area contributed by atoms with Crippen LogP contribution < -0.4 is 10.6 Å². The summed E-state index contributed by atoms with van der Waals surface area (Å²) in [7, 11) is 1.77. The van der Waals surface area contributed by atoms with Gasteiger partial charge < -0.3 is 15.5 Å². The van der Waals surface area contributed by atoms with Crippen LogP contribution in [0.3, 0.4) is 0 Å². The summed E-state index contributed by atoms with van der Waals surface area (Å²) in [5, 5.41) is 6.17. The van der Waals surface area contributed by atoms with Crippen molar-refractivity contribution in [1.29, 1.82) is 0 Å². The normalized spacial score (nSPS) is 29.5. The monoisotopic (exact) mass is 239 g/mol. The molecule has 2 aliphatic rings. The molecule has 0 saturated carbocycles. The second kappa shape index (κ2) is 5.49. The minimum Gasteiger partial charge on any atom is -0.344 e. The number of likely N-dealkylation sites (tertiary alicyclic amines) is 1. The van der Waals surface area contributed by atoms with E-state index in [1.807, 2.05) is 0 Å². The lowest BCUT2D eigenvalue weighted by molar-refractivity contribution is -0.132. The number of piperidine rings is 1. The molecule has 0 radical (unpaired) electrons. The smallest absolute Gasteiger partial charge is 0.244 e. The van der Waals surface area contributed by atoms with E-state index in [4.69, 9.17) is 0 Å². The molecule has 5 heteroatoms. The molecular formula is C12H21N3O2. The Morgan fingerprint density at radius 1 is 1.47 bits per heavy atom. The van der Waals surface area contributed by atoms with Gasteiger partial charge >= 0.3 is 0 Å². The molecule has 0 aromatic carbocycles. The Labute approximate surface area is 102 Å². The second-order valence-corrected chi connectivity index (χ2v) is 5.02. The highest BCUT2D eigenvalue weighted by Crippen LogP contribution is 2.12. The van der Waals surface area contributed by atoms with E-state index in [-0.39, 0.29) is 23.9 Å². The molecule has 2 N–H and O–H groups in total. The summed E-state index contributed by atoms with van der Waals surface area (Å²) in [6.07, 6.45) is 4.68. The van der Waals surface area contributed by atoms with Crippen molar-refractivity contribution in [3.8, 4) is 0 Å². The number of hydrogen-bond acceptors (Lipinski definition) is 3. The van der Waals surface area contributed by atoms with Gasteiger partial charge in [-0.1, -0.05) is 6.42 Å². The summed E-state index contributed by atoms with van der Waals surface area (Å²) in [5.41, 5.74) is 0. The molecular weight excluding hydrogens is 218 g/mol. The first-order valence-corrected chi connectivity index (χ1v) is 6.44. The first kappa shape index (κ1) is 12.4. The molecule has 0 aromatic rings. The Hall–Kier alpha value is -1.10. The number of amides is 2. The van der Waals surface area contributed by atoms with Crippen molar-refractivity contribution >= 4 is 11.8 Å². The minimum absolute atomic E-state index is 0.00181. The Balaban J connectivity index is 1.75. The highest BCUT2D eigenvalue weighted by molar-refractivity contribution is 5.89. The van der Waals surface area contributed by atoms with Gasteiger partial charge in [0.05, 0.1) is 0 Å². The minimum atomic E-state index is -0.295. The lowest BCUT2D eigenvalue weighted by Gasteiger charge is -2.23.